The van der Waals surface area contributed by atoms with Gasteiger partial charge in [-0.1, -0.05) is 23.8 Å². The van der Waals surface area contributed by atoms with Crippen molar-refractivity contribution in [1.29, 1.82) is 0 Å². The summed E-state index contributed by atoms with van der Waals surface area (Å²) in [7, 11) is 0. The average molecular weight is 387 g/mol. The summed E-state index contributed by atoms with van der Waals surface area (Å²) >= 11 is 0. The topological polar surface area (TPSA) is 55.4 Å². The first-order valence-electron chi connectivity index (χ1n) is 8.40. The minimum Gasteiger partial charge on any atom is -0.457 e. The van der Waals surface area contributed by atoms with Crippen molar-refractivity contribution in [3.63, 3.8) is 0 Å². The molecule has 0 bridgehead atoms. The van der Waals surface area contributed by atoms with Crippen LogP contribution in [0.3, 0.4) is 0 Å². The van der Waals surface area contributed by atoms with E-state index in [4.69, 9.17) is 4.74 Å². The number of aryl methyl sites for hydroxylation is 1. The third-order valence-electron chi connectivity index (χ3n) is 3.99. The van der Waals surface area contributed by atoms with Crippen molar-refractivity contribution in [3.05, 3.63) is 83.1 Å². The minimum atomic E-state index is -4.61. The second-order valence-corrected chi connectivity index (χ2v) is 6.25. The maximum atomic E-state index is 13.1. The highest BCUT2D eigenvalue weighted by Crippen LogP contribution is 2.34. The van der Waals surface area contributed by atoms with E-state index in [1.165, 1.54) is 12.2 Å². The molecule has 144 valence electrons. The van der Waals surface area contributed by atoms with Gasteiger partial charge in [0.05, 0.1) is 11.1 Å². The molecule has 0 fully saturated rings. The molecule has 0 saturated heterocycles. The Kier molecular flexibility index (Phi) is 5.35. The van der Waals surface area contributed by atoms with Crippen molar-refractivity contribution in [2.45, 2.75) is 19.5 Å². The van der Waals surface area contributed by atoms with Gasteiger partial charge in [-0.2, -0.15) is 13.2 Å². The molecule has 28 heavy (non-hydrogen) atoms. The Labute approximate surface area is 159 Å². The van der Waals surface area contributed by atoms with Crippen molar-refractivity contribution >= 4 is 11.7 Å². The van der Waals surface area contributed by atoms with Crippen LogP contribution in [0, 0.1) is 6.92 Å². The lowest BCUT2D eigenvalue weighted by Gasteiger charge is -2.15. The SMILES string of the molecule is Cc1ccc(Oc2ccc(C(F)(F)F)cc2C(=O)NC2=CC(=O)CC=C2)cc1. The summed E-state index contributed by atoms with van der Waals surface area (Å²) in [5, 5.41) is 2.45. The van der Waals surface area contributed by atoms with Gasteiger partial charge >= 0.3 is 6.18 Å². The van der Waals surface area contributed by atoms with Gasteiger partial charge in [0.2, 0.25) is 0 Å². The fraction of sp³-hybridized carbons (Fsp3) is 0.143. The Morgan fingerprint density at radius 3 is 2.46 bits per heavy atom. The Balaban J connectivity index is 1.95. The smallest absolute Gasteiger partial charge is 0.416 e. The van der Waals surface area contributed by atoms with E-state index >= 15 is 0 Å². The van der Waals surface area contributed by atoms with E-state index in [0.29, 0.717) is 5.75 Å². The van der Waals surface area contributed by atoms with Crippen LogP contribution in [0.5, 0.6) is 11.5 Å². The monoisotopic (exact) mass is 387 g/mol. The number of carbonyl (C=O) groups is 2. The molecule has 1 aliphatic rings. The summed E-state index contributed by atoms with van der Waals surface area (Å²) in [4.78, 5) is 24.1. The third kappa shape index (κ3) is 4.68. The number of nitrogens with one attached hydrogen (secondary N) is 1. The predicted octanol–water partition coefficient (Wildman–Crippen LogP) is 4.95. The van der Waals surface area contributed by atoms with Crippen LogP contribution in [0.2, 0.25) is 0 Å². The van der Waals surface area contributed by atoms with Crippen LogP contribution in [0.4, 0.5) is 13.2 Å². The first kappa shape index (κ1) is 19.4. The summed E-state index contributed by atoms with van der Waals surface area (Å²) in [6, 6.07) is 9.55. The summed E-state index contributed by atoms with van der Waals surface area (Å²) in [5.74, 6) is -0.663. The maximum Gasteiger partial charge on any atom is 0.416 e. The molecule has 3 rings (SSSR count). The second kappa shape index (κ2) is 7.72. The molecule has 2 aromatic carbocycles. The summed E-state index contributed by atoms with van der Waals surface area (Å²) in [6.07, 6.45) is -0.0880. The van der Waals surface area contributed by atoms with Gasteiger partial charge in [-0.05, 0) is 43.3 Å². The van der Waals surface area contributed by atoms with Crippen LogP contribution in [0.1, 0.15) is 27.9 Å². The van der Waals surface area contributed by atoms with Gasteiger partial charge in [-0.15, -0.1) is 0 Å². The molecular formula is C21H16F3NO3. The van der Waals surface area contributed by atoms with Crippen molar-refractivity contribution in [2.24, 2.45) is 0 Å². The van der Waals surface area contributed by atoms with E-state index in [2.05, 4.69) is 5.32 Å². The largest absolute Gasteiger partial charge is 0.457 e. The number of ether oxygens (including phenoxy) is 1. The number of carbonyl (C=O) groups excluding carboxylic acids is 2. The van der Waals surface area contributed by atoms with Crippen LogP contribution < -0.4 is 10.1 Å². The quantitative estimate of drug-likeness (QED) is 0.808. The fourth-order valence-corrected chi connectivity index (χ4v) is 2.56. The third-order valence-corrected chi connectivity index (χ3v) is 3.99. The van der Waals surface area contributed by atoms with E-state index in [1.807, 2.05) is 6.92 Å². The molecule has 0 heterocycles. The number of alkyl halides is 3. The highest BCUT2D eigenvalue weighted by Gasteiger charge is 2.32. The molecule has 0 aliphatic heterocycles. The van der Waals surface area contributed by atoms with Crippen LogP contribution >= 0.6 is 0 Å². The molecule has 1 amide bonds. The van der Waals surface area contributed by atoms with Crippen LogP contribution in [0.15, 0.2) is 66.4 Å². The zero-order valence-electron chi connectivity index (χ0n) is 14.8. The lowest BCUT2D eigenvalue weighted by molar-refractivity contribution is -0.137. The number of ketones is 1. The molecule has 0 unspecified atom stereocenters. The predicted molar refractivity (Wildman–Crippen MR) is 97.0 cm³/mol. The Morgan fingerprint density at radius 1 is 1.11 bits per heavy atom. The van der Waals surface area contributed by atoms with Gasteiger partial charge in [-0.3, -0.25) is 9.59 Å². The molecule has 1 N–H and O–H groups in total. The van der Waals surface area contributed by atoms with E-state index in [1.54, 1.807) is 30.3 Å². The van der Waals surface area contributed by atoms with Crippen LogP contribution in [0.25, 0.3) is 0 Å². The number of allylic oxidation sites excluding steroid dienone is 3. The molecule has 2 aromatic rings. The summed E-state index contributed by atoms with van der Waals surface area (Å²) < 4.78 is 44.9. The van der Waals surface area contributed by atoms with E-state index in [9.17, 15) is 22.8 Å². The molecule has 0 saturated carbocycles. The number of hydrogen-bond donors (Lipinski definition) is 1. The molecule has 4 nitrogen and oxygen atoms in total. The van der Waals surface area contributed by atoms with Gasteiger partial charge in [0.1, 0.15) is 11.5 Å². The van der Waals surface area contributed by atoms with Crippen molar-refractivity contribution < 1.29 is 27.5 Å². The zero-order valence-corrected chi connectivity index (χ0v) is 14.8. The van der Waals surface area contributed by atoms with Gasteiger partial charge in [0, 0.05) is 18.2 Å². The van der Waals surface area contributed by atoms with Crippen LogP contribution in [-0.4, -0.2) is 11.7 Å². The lowest BCUT2D eigenvalue weighted by Crippen LogP contribution is -2.24. The van der Waals surface area contributed by atoms with Crippen LogP contribution in [-0.2, 0) is 11.0 Å². The number of rotatable bonds is 4. The molecule has 0 spiro atoms. The van der Waals surface area contributed by atoms with Gasteiger partial charge in [0.15, 0.2) is 5.78 Å². The zero-order chi connectivity index (χ0) is 20.3. The molecular weight excluding hydrogens is 371 g/mol. The summed E-state index contributed by atoms with van der Waals surface area (Å²) in [6.45, 7) is 1.88. The molecule has 1 aliphatic carbocycles. The Morgan fingerprint density at radius 2 is 1.82 bits per heavy atom. The fourth-order valence-electron chi connectivity index (χ4n) is 2.56. The number of benzene rings is 2. The Hall–Kier alpha value is -3.35. The number of halogens is 3. The van der Waals surface area contributed by atoms with Gasteiger partial charge in [-0.25, -0.2) is 0 Å². The Bertz CT molecular complexity index is 973. The molecule has 0 aromatic heterocycles. The van der Waals surface area contributed by atoms with E-state index < -0.39 is 17.6 Å². The van der Waals surface area contributed by atoms with E-state index in [-0.39, 0.29) is 29.2 Å². The molecule has 7 heteroatoms. The number of amides is 1. The lowest BCUT2D eigenvalue weighted by atomic mass is 10.1. The second-order valence-electron chi connectivity index (χ2n) is 6.25. The highest BCUT2D eigenvalue weighted by atomic mass is 19.4. The highest BCUT2D eigenvalue weighted by molar-refractivity contribution is 6.00. The van der Waals surface area contributed by atoms with Crippen molar-refractivity contribution in [2.75, 3.05) is 0 Å². The maximum absolute atomic E-state index is 13.1. The van der Waals surface area contributed by atoms with Gasteiger partial charge < -0.3 is 10.1 Å². The number of hydrogen-bond acceptors (Lipinski definition) is 3. The minimum absolute atomic E-state index is 0.0268. The van der Waals surface area contributed by atoms with Crippen molar-refractivity contribution in [3.8, 4) is 11.5 Å². The standard InChI is InChI=1S/C21H16F3NO3/c1-13-5-8-17(9-6-13)28-19-10-7-14(21(22,23)24)11-18(19)20(27)25-15-3-2-4-16(26)12-15/h2-3,5-12H,4H2,1H3,(H,25,27). The van der Waals surface area contributed by atoms with E-state index in [0.717, 1.165) is 23.8 Å². The van der Waals surface area contributed by atoms with Gasteiger partial charge in [0.25, 0.3) is 5.91 Å². The van der Waals surface area contributed by atoms with Crippen molar-refractivity contribution in [1.82, 2.24) is 5.32 Å². The molecule has 0 atom stereocenters. The summed E-state index contributed by atoms with van der Waals surface area (Å²) in [5.41, 5.74) is -0.0701. The normalized spacial score (nSPS) is 13.9. The first-order chi connectivity index (χ1) is 13.2. The molecule has 0 radical (unpaired) electrons. The first-order valence-corrected chi connectivity index (χ1v) is 8.40. The average Bonchev–Trinajstić information content (AvgIpc) is 2.63.